The van der Waals surface area contributed by atoms with E-state index in [0.717, 1.165) is 19.4 Å². The van der Waals surface area contributed by atoms with Crippen LogP contribution in [0.5, 0.6) is 0 Å². The number of carboxylic acids is 1. The highest BCUT2D eigenvalue weighted by Crippen LogP contribution is 2.29. The summed E-state index contributed by atoms with van der Waals surface area (Å²) in [4.78, 5) is 10.6. The van der Waals surface area contributed by atoms with Crippen LogP contribution in [0.1, 0.15) is 26.7 Å². The first-order valence-electron chi connectivity index (χ1n) is 5.22. The molecule has 4 nitrogen and oxygen atoms in total. The molecule has 0 heterocycles. The molecule has 0 spiro atoms. The first kappa shape index (κ1) is 11.5. The fraction of sp³-hybridized carbons (Fsp3) is 0.900. The van der Waals surface area contributed by atoms with E-state index >= 15 is 0 Å². The molecular weight excluding hydrogens is 180 g/mol. The lowest BCUT2D eigenvalue weighted by molar-refractivity contribution is -0.140. The Bertz CT molecular complexity index is 200. The van der Waals surface area contributed by atoms with Gasteiger partial charge < -0.3 is 16.2 Å². The maximum absolute atomic E-state index is 10.6. The fourth-order valence-electron chi connectivity index (χ4n) is 1.73. The van der Waals surface area contributed by atoms with Crippen LogP contribution in [0.15, 0.2) is 0 Å². The number of aliphatic carboxylic acids is 1. The number of rotatable bonds is 5. The van der Waals surface area contributed by atoms with Crippen LogP contribution in [-0.4, -0.2) is 29.7 Å². The van der Waals surface area contributed by atoms with Gasteiger partial charge in [-0.05, 0) is 31.2 Å². The van der Waals surface area contributed by atoms with Gasteiger partial charge in [0.05, 0.1) is 0 Å². The Morgan fingerprint density at radius 3 is 2.57 bits per heavy atom. The van der Waals surface area contributed by atoms with Crippen LogP contribution < -0.4 is 11.1 Å². The van der Waals surface area contributed by atoms with Crippen LogP contribution in [0.2, 0.25) is 0 Å². The van der Waals surface area contributed by atoms with Crippen molar-refractivity contribution >= 4 is 5.97 Å². The van der Waals surface area contributed by atoms with E-state index in [4.69, 9.17) is 10.8 Å². The standard InChI is InChI=1S/C10H20N2O2/c1-6(2)5-12-8-3-7(4-8)9(11)10(13)14/h6-9,12H,3-5,11H2,1-2H3,(H,13,14). The second kappa shape index (κ2) is 4.75. The van der Waals surface area contributed by atoms with Gasteiger partial charge in [-0.25, -0.2) is 0 Å². The van der Waals surface area contributed by atoms with Crippen LogP contribution in [0.25, 0.3) is 0 Å². The van der Waals surface area contributed by atoms with Gasteiger partial charge in [0.15, 0.2) is 0 Å². The van der Waals surface area contributed by atoms with E-state index in [-0.39, 0.29) is 5.92 Å². The molecule has 0 saturated heterocycles. The number of hydrogen-bond donors (Lipinski definition) is 3. The first-order valence-corrected chi connectivity index (χ1v) is 5.22. The lowest BCUT2D eigenvalue weighted by Gasteiger charge is -2.38. The van der Waals surface area contributed by atoms with Crippen molar-refractivity contribution in [3.8, 4) is 0 Å². The largest absolute Gasteiger partial charge is 0.480 e. The number of nitrogens with one attached hydrogen (secondary N) is 1. The molecule has 4 heteroatoms. The molecular formula is C10H20N2O2. The average molecular weight is 200 g/mol. The van der Waals surface area contributed by atoms with Crippen LogP contribution in [-0.2, 0) is 4.79 Å². The van der Waals surface area contributed by atoms with Crippen LogP contribution in [0.3, 0.4) is 0 Å². The summed E-state index contributed by atoms with van der Waals surface area (Å²) in [6.45, 7) is 5.32. The Balaban J connectivity index is 2.14. The van der Waals surface area contributed by atoms with E-state index in [9.17, 15) is 4.79 Å². The van der Waals surface area contributed by atoms with Crippen molar-refractivity contribution in [2.45, 2.75) is 38.8 Å². The van der Waals surface area contributed by atoms with Crippen LogP contribution in [0, 0.1) is 11.8 Å². The van der Waals surface area contributed by atoms with Crippen molar-refractivity contribution in [2.24, 2.45) is 17.6 Å². The second-order valence-corrected chi connectivity index (χ2v) is 4.59. The third kappa shape index (κ3) is 2.96. The highest BCUT2D eigenvalue weighted by molar-refractivity contribution is 5.73. The zero-order valence-electron chi connectivity index (χ0n) is 8.86. The van der Waals surface area contributed by atoms with E-state index in [2.05, 4.69) is 19.2 Å². The summed E-state index contributed by atoms with van der Waals surface area (Å²) in [6.07, 6.45) is 1.81. The summed E-state index contributed by atoms with van der Waals surface area (Å²) < 4.78 is 0. The van der Waals surface area contributed by atoms with Crippen LogP contribution in [0.4, 0.5) is 0 Å². The van der Waals surface area contributed by atoms with Gasteiger partial charge in [0.1, 0.15) is 6.04 Å². The predicted molar refractivity (Wildman–Crippen MR) is 55.0 cm³/mol. The van der Waals surface area contributed by atoms with Gasteiger partial charge in [-0.3, -0.25) is 4.79 Å². The number of carbonyl (C=O) groups is 1. The van der Waals surface area contributed by atoms with Gasteiger partial charge in [0.25, 0.3) is 0 Å². The molecule has 1 fully saturated rings. The summed E-state index contributed by atoms with van der Waals surface area (Å²) in [6, 6.07) is -0.195. The highest BCUT2D eigenvalue weighted by Gasteiger charge is 2.36. The van der Waals surface area contributed by atoms with Gasteiger partial charge in [-0.1, -0.05) is 13.8 Å². The molecule has 0 radical (unpaired) electrons. The van der Waals surface area contributed by atoms with Crippen molar-refractivity contribution in [3.63, 3.8) is 0 Å². The molecule has 0 aromatic carbocycles. The molecule has 1 saturated carbocycles. The summed E-state index contributed by atoms with van der Waals surface area (Å²) in [5, 5.41) is 12.1. The number of nitrogens with two attached hydrogens (primary N) is 1. The molecule has 1 unspecified atom stereocenters. The summed E-state index contributed by atoms with van der Waals surface area (Å²) in [5.74, 6) is -0.0725. The Morgan fingerprint density at radius 2 is 2.14 bits per heavy atom. The summed E-state index contributed by atoms with van der Waals surface area (Å²) >= 11 is 0. The average Bonchev–Trinajstić information content (AvgIpc) is 2.00. The maximum atomic E-state index is 10.6. The molecule has 82 valence electrons. The summed E-state index contributed by atoms with van der Waals surface area (Å²) in [5.41, 5.74) is 5.51. The van der Waals surface area contributed by atoms with Gasteiger partial charge in [0, 0.05) is 6.04 Å². The van der Waals surface area contributed by atoms with E-state index in [1.807, 2.05) is 0 Å². The SMILES string of the molecule is CC(C)CNC1CC(C(N)C(=O)O)C1. The zero-order chi connectivity index (χ0) is 10.7. The summed E-state index contributed by atoms with van der Waals surface area (Å²) in [7, 11) is 0. The van der Waals surface area contributed by atoms with Crippen molar-refractivity contribution in [1.82, 2.24) is 5.32 Å². The molecule has 1 aliphatic carbocycles. The van der Waals surface area contributed by atoms with Gasteiger partial charge >= 0.3 is 5.97 Å². The second-order valence-electron chi connectivity index (χ2n) is 4.59. The fourth-order valence-corrected chi connectivity index (χ4v) is 1.73. The van der Waals surface area contributed by atoms with Crippen LogP contribution >= 0.6 is 0 Å². The minimum absolute atomic E-state index is 0.164. The van der Waals surface area contributed by atoms with Gasteiger partial charge in [-0.15, -0.1) is 0 Å². The molecule has 0 aliphatic heterocycles. The Hall–Kier alpha value is -0.610. The number of hydrogen-bond acceptors (Lipinski definition) is 3. The molecule has 0 amide bonds. The maximum Gasteiger partial charge on any atom is 0.320 e. The molecule has 1 rings (SSSR count). The Kier molecular flexibility index (Phi) is 3.89. The minimum atomic E-state index is -0.877. The Morgan fingerprint density at radius 1 is 1.57 bits per heavy atom. The topological polar surface area (TPSA) is 75.3 Å². The quantitative estimate of drug-likeness (QED) is 0.601. The third-order valence-electron chi connectivity index (χ3n) is 2.78. The Labute approximate surface area is 84.9 Å². The molecule has 0 aromatic heterocycles. The molecule has 1 aliphatic rings. The van der Waals surface area contributed by atoms with Gasteiger partial charge in [-0.2, -0.15) is 0 Å². The first-order chi connectivity index (χ1) is 6.50. The van der Waals surface area contributed by atoms with E-state index < -0.39 is 12.0 Å². The molecule has 4 N–H and O–H groups in total. The monoisotopic (exact) mass is 200 g/mol. The normalized spacial score (nSPS) is 28.6. The third-order valence-corrected chi connectivity index (χ3v) is 2.78. The smallest absolute Gasteiger partial charge is 0.320 e. The van der Waals surface area contributed by atoms with Crippen molar-refractivity contribution < 1.29 is 9.90 Å². The van der Waals surface area contributed by atoms with E-state index in [1.54, 1.807) is 0 Å². The highest BCUT2D eigenvalue weighted by atomic mass is 16.4. The van der Waals surface area contributed by atoms with E-state index in [0.29, 0.717) is 12.0 Å². The van der Waals surface area contributed by atoms with Gasteiger partial charge in [0.2, 0.25) is 0 Å². The predicted octanol–water partition coefficient (Wildman–Crippen LogP) is 0.423. The van der Waals surface area contributed by atoms with Crippen molar-refractivity contribution in [1.29, 1.82) is 0 Å². The van der Waals surface area contributed by atoms with Crippen molar-refractivity contribution in [2.75, 3.05) is 6.54 Å². The van der Waals surface area contributed by atoms with Crippen molar-refractivity contribution in [3.05, 3.63) is 0 Å². The number of carboxylic acid groups (broad SMARTS) is 1. The zero-order valence-corrected chi connectivity index (χ0v) is 8.86. The minimum Gasteiger partial charge on any atom is -0.480 e. The molecule has 0 bridgehead atoms. The molecule has 1 atom stereocenters. The lowest BCUT2D eigenvalue weighted by atomic mass is 9.75. The molecule has 14 heavy (non-hydrogen) atoms. The lowest BCUT2D eigenvalue weighted by Crippen LogP contribution is -2.51. The molecule has 0 aromatic rings. The van der Waals surface area contributed by atoms with E-state index in [1.165, 1.54) is 0 Å².